The molecule has 0 aliphatic rings. The molecule has 1 nitrogen and oxygen atoms in total. The Labute approximate surface area is 130 Å². The normalized spacial score (nSPS) is 13.8. The summed E-state index contributed by atoms with van der Waals surface area (Å²) in [5, 5.41) is 4.47. The quantitative estimate of drug-likeness (QED) is 0.686. The largest absolute Gasteiger partial charge is 0.311 e. The maximum Gasteiger partial charge on any atom is 0.0408 e. The molecule has 0 fully saturated rings. The van der Waals surface area contributed by atoms with Crippen LogP contribution in [0.3, 0.4) is 0 Å². The van der Waals surface area contributed by atoms with Gasteiger partial charge in [0.15, 0.2) is 0 Å². The summed E-state index contributed by atoms with van der Waals surface area (Å²) in [7, 11) is 0. The molecule has 0 aromatic heterocycles. The van der Waals surface area contributed by atoms with E-state index in [1.165, 1.54) is 24.8 Å². The molecule has 2 heteroatoms. The predicted molar refractivity (Wildman–Crippen MR) is 90.6 cm³/mol. The van der Waals surface area contributed by atoms with E-state index in [0.717, 1.165) is 17.5 Å². The van der Waals surface area contributed by atoms with Crippen molar-refractivity contribution in [3.63, 3.8) is 0 Å². The lowest BCUT2D eigenvalue weighted by molar-refractivity contribution is 0.390. The lowest BCUT2D eigenvalue weighted by Crippen LogP contribution is -2.38. The average Bonchev–Trinajstić information content (AvgIpc) is 2.31. The van der Waals surface area contributed by atoms with Crippen molar-refractivity contribution in [2.24, 2.45) is 5.92 Å². The smallest absolute Gasteiger partial charge is 0.0408 e. The van der Waals surface area contributed by atoms with Gasteiger partial charge in [-0.3, -0.25) is 0 Å². The highest BCUT2D eigenvalue weighted by atomic mass is 35.5. The summed E-state index contributed by atoms with van der Waals surface area (Å²) in [4.78, 5) is 0. The van der Waals surface area contributed by atoms with Crippen LogP contribution >= 0.6 is 11.6 Å². The van der Waals surface area contributed by atoms with E-state index in [1.54, 1.807) is 0 Å². The van der Waals surface area contributed by atoms with E-state index in [9.17, 15) is 0 Å². The van der Waals surface area contributed by atoms with Crippen LogP contribution < -0.4 is 5.32 Å². The highest BCUT2D eigenvalue weighted by molar-refractivity contribution is 6.30. The minimum absolute atomic E-state index is 0.162. The summed E-state index contributed by atoms with van der Waals surface area (Å²) in [5.41, 5.74) is 1.52. The van der Waals surface area contributed by atoms with Gasteiger partial charge < -0.3 is 5.32 Å². The molecule has 1 N–H and O–H groups in total. The number of benzene rings is 1. The van der Waals surface area contributed by atoms with Crippen LogP contribution in [0.15, 0.2) is 24.3 Å². The van der Waals surface area contributed by atoms with E-state index in [4.69, 9.17) is 11.6 Å². The third-order valence-corrected chi connectivity index (χ3v) is 3.77. The minimum atomic E-state index is 0.162. The summed E-state index contributed by atoms with van der Waals surface area (Å²) in [6, 6.07) is 8.33. The second-order valence-corrected chi connectivity index (χ2v) is 7.64. The molecule has 0 amide bonds. The van der Waals surface area contributed by atoms with Gasteiger partial charge in [-0.2, -0.15) is 0 Å². The fourth-order valence-corrected chi connectivity index (χ4v) is 2.55. The minimum Gasteiger partial charge on any atom is -0.311 e. The van der Waals surface area contributed by atoms with Gasteiger partial charge in [0.05, 0.1) is 0 Å². The van der Waals surface area contributed by atoms with Crippen molar-refractivity contribution in [2.45, 2.75) is 65.3 Å². The Kier molecular flexibility index (Phi) is 7.05. The van der Waals surface area contributed by atoms with Gasteiger partial charge in [0, 0.05) is 17.1 Å². The molecule has 0 bridgehead atoms. The summed E-state index contributed by atoms with van der Waals surface area (Å²) in [6.07, 6.45) is 3.80. The first-order chi connectivity index (χ1) is 9.28. The van der Waals surface area contributed by atoms with Crippen LogP contribution in [0.1, 0.15) is 65.4 Å². The molecule has 114 valence electrons. The fraction of sp³-hybridized carbons (Fsp3) is 0.667. The number of hydrogen-bond donors (Lipinski definition) is 1. The van der Waals surface area contributed by atoms with E-state index in [1.807, 2.05) is 6.07 Å². The fourth-order valence-electron chi connectivity index (χ4n) is 2.35. The van der Waals surface area contributed by atoms with Crippen molar-refractivity contribution in [3.8, 4) is 0 Å². The Balaban J connectivity index is 2.68. The van der Waals surface area contributed by atoms with Crippen LogP contribution in [0.5, 0.6) is 0 Å². The summed E-state index contributed by atoms with van der Waals surface area (Å²) >= 11 is 6.14. The molecule has 1 unspecified atom stereocenters. The first-order valence-electron chi connectivity index (χ1n) is 7.78. The third kappa shape index (κ3) is 7.31. The zero-order valence-corrected chi connectivity index (χ0v) is 14.4. The SMILES string of the molecule is CC(C)CCCC(CNC(C)(C)C)c1cccc(Cl)c1. The Bertz CT molecular complexity index is 393. The summed E-state index contributed by atoms with van der Waals surface area (Å²) in [5.74, 6) is 1.33. The molecule has 1 aromatic carbocycles. The lowest BCUT2D eigenvalue weighted by atomic mass is 9.91. The van der Waals surface area contributed by atoms with E-state index in [2.05, 4.69) is 58.1 Å². The lowest BCUT2D eigenvalue weighted by Gasteiger charge is -2.26. The van der Waals surface area contributed by atoms with E-state index in [0.29, 0.717) is 5.92 Å². The van der Waals surface area contributed by atoms with E-state index in [-0.39, 0.29) is 5.54 Å². The molecular formula is C18H30ClN. The molecule has 0 radical (unpaired) electrons. The Morgan fingerprint density at radius 1 is 1.15 bits per heavy atom. The van der Waals surface area contributed by atoms with Gasteiger partial charge in [-0.05, 0) is 56.7 Å². The molecule has 0 heterocycles. The van der Waals surface area contributed by atoms with Crippen LogP contribution in [-0.4, -0.2) is 12.1 Å². The molecule has 1 aromatic rings. The van der Waals surface area contributed by atoms with Crippen LogP contribution in [0.2, 0.25) is 5.02 Å². The molecule has 0 aliphatic heterocycles. The molecule has 0 saturated carbocycles. The summed E-state index contributed by atoms with van der Waals surface area (Å²) in [6.45, 7) is 12.3. The van der Waals surface area contributed by atoms with Gasteiger partial charge in [-0.15, -0.1) is 0 Å². The number of halogens is 1. The number of rotatable bonds is 7. The van der Waals surface area contributed by atoms with E-state index < -0.39 is 0 Å². The van der Waals surface area contributed by atoms with Crippen LogP contribution in [0, 0.1) is 5.92 Å². The van der Waals surface area contributed by atoms with Crippen molar-refractivity contribution in [2.75, 3.05) is 6.54 Å². The van der Waals surface area contributed by atoms with Gasteiger partial charge in [0.2, 0.25) is 0 Å². The molecule has 0 aliphatic carbocycles. The first-order valence-corrected chi connectivity index (χ1v) is 8.16. The zero-order chi connectivity index (χ0) is 15.2. The van der Waals surface area contributed by atoms with Crippen LogP contribution in [0.4, 0.5) is 0 Å². The summed E-state index contributed by atoms with van der Waals surface area (Å²) < 4.78 is 0. The predicted octanol–water partition coefficient (Wildman–Crippen LogP) is 5.64. The van der Waals surface area contributed by atoms with Gasteiger partial charge in [0.1, 0.15) is 0 Å². The van der Waals surface area contributed by atoms with Gasteiger partial charge in [0.25, 0.3) is 0 Å². The van der Waals surface area contributed by atoms with Crippen LogP contribution in [-0.2, 0) is 0 Å². The van der Waals surface area contributed by atoms with E-state index >= 15 is 0 Å². The molecular weight excluding hydrogens is 266 g/mol. The molecule has 1 atom stereocenters. The Morgan fingerprint density at radius 2 is 1.85 bits per heavy atom. The standard InChI is InChI=1S/C18H30ClN/c1-14(2)8-6-10-16(13-20-18(3,4)5)15-9-7-11-17(19)12-15/h7,9,11-12,14,16,20H,6,8,10,13H2,1-5H3. The molecule has 20 heavy (non-hydrogen) atoms. The highest BCUT2D eigenvalue weighted by Gasteiger charge is 2.16. The van der Waals surface area contributed by atoms with Crippen molar-refractivity contribution in [1.82, 2.24) is 5.32 Å². The van der Waals surface area contributed by atoms with Gasteiger partial charge in [-0.1, -0.05) is 50.4 Å². The molecule has 1 rings (SSSR count). The highest BCUT2D eigenvalue weighted by Crippen LogP contribution is 2.25. The van der Waals surface area contributed by atoms with Crippen LogP contribution in [0.25, 0.3) is 0 Å². The second kappa shape index (κ2) is 8.05. The first kappa shape index (κ1) is 17.5. The average molecular weight is 296 g/mol. The van der Waals surface area contributed by atoms with Crippen molar-refractivity contribution < 1.29 is 0 Å². The third-order valence-electron chi connectivity index (χ3n) is 3.53. The molecule has 0 saturated heterocycles. The van der Waals surface area contributed by atoms with Gasteiger partial charge in [-0.25, -0.2) is 0 Å². The van der Waals surface area contributed by atoms with Gasteiger partial charge >= 0.3 is 0 Å². The maximum atomic E-state index is 6.14. The number of nitrogens with one attached hydrogen (secondary N) is 1. The zero-order valence-electron chi connectivity index (χ0n) is 13.7. The maximum absolute atomic E-state index is 6.14. The number of hydrogen-bond acceptors (Lipinski definition) is 1. The van der Waals surface area contributed by atoms with Crippen molar-refractivity contribution in [3.05, 3.63) is 34.9 Å². The Morgan fingerprint density at radius 3 is 2.40 bits per heavy atom. The second-order valence-electron chi connectivity index (χ2n) is 7.21. The Hall–Kier alpha value is -0.530. The van der Waals surface area contributed by atoms with Crippen molar-refractivity contribution >= 4 is 11.6 Å². The van der Waals surface area contributed by atoms with Crippen molar-refractivity contribution in [1.29, 1.82) is 0 Å². The topological polar surface area (TPSA) is 12.0 Å². The molecule has 0 spiro atoms. The monoisotopic (exact) mass is 295 g/mol.